The Hall–Kier alpha value is -1.46. The van der Waals surface area contributed by atoms with Crippen LogP contribution in [0, 0.1) is 11.8 Å². The molecule has 6 nitrogen and oxygen atoms in total. The maximum atomic E-state index is 12.5. The fourth-order valence-corrected chi connectivity index (χ4v) is 3.04. The van der Waals surface area contributed by atoms with Crippen molar-refractivity contribution in [1.82, 2.24) is 9.80 Å². The van der Waals surface area contributed by atoms with E-state index in [1.165, 1.54) is 6.42 Å². The lowest BCUT2D eigenvalue weighted by atomic mass is 9.97. The molecule has 2 atom stereocenters. The van der Waals surface area contributed by atoms with Crippen LogP contribution >= 0.6 is 0 Å². The largest absolute Gasteiger partial charge is 0.409 e. The number of amides is 2. The number of carbonyl (C=O) groups excluding carboxylic acids is 1. The summed E-state index contributed by atoms with van der Waals surface area (Å²) in [6.07, 6.45) is 4.09. The van der Waals surface area contributed by atoms with Crippen LogP contribution in [0.3, 0.4) is 0 Å². The van der Waals surface area contributed by atoms with E-state index in [9.17, 15) is 4.79 Å². The monoisotopic (exact) mass is 268 g/mol. The average Bonchev–Trinajstić information content (AvgIpc) is 2.45. The standard InChI is InChI=1S/C13H24N4O2/c1-10-4-2-6-16(8-10)13(18)17-7-3-5-11(9-17)12(14)15-19/h10-11,19H,2-9H2,1H3,(H2,14,15). The second kappa shape index (κ2) is 6.12. The summed E-state index contributed by atoms with van der Waals surface area (Å²) in [5.74, 6) is 0.816. The van der Waals surface area contributed by atoms with Crippen molar-refractivity contribution < 1.29 is 10.0 Å². The second-order valence-corrected chi connectivity index (χ2v) is 5.79. The molecule has 0 aliphatic carbocycles. The molecular formula is C13H24N4O2. The lowest BCUT2D eigenvalue weighted by molar-refractivity contribution is 0.118. The Bertz CT molecular complexity index is 359. The highest BCUT2D eigenvalue weighted by Gasteiger charge is 2.30. The summed E-state index contributed by atoms with van der Waals surface area (Å²) in [5.41, 5.74) is 5.66. The van der Waals surface area contributed by atoms with Crippen LogP contribution in [0.2, 0.25) is 0 Å². The first-order chi connectivity index (χ1) is 9.11. The van der Waals surface area contributed by atoms with Crippen molar-refractivity contribution in [3.63, 3.8) is 0 Å². The molecule has 2 unspecified atom stereocenters. The van der Waals surface area contributed by atoms with Crippen molar-refractivity contribution in [2.24, 2.45) is 22.7 Å². The molecule has 0 radical (unpaired) electrons. The second-order valence-electron chi connectivity index (χ2n) is 5.79. The molecule has 0 saturated carbocycles. The highest BCUT2D eigenvalue weighted by atomic mass is 16.4. The Labute approximate surface area is 114 Å². The van der Waals surface area contributed by atoms with Gasteiger partial charge in [0, 0.05) is 32.1 Å². The molecular weight excluding hydrogens is 244 g/mol. The molecule has 0 spiro atoms. The number of amidine groups is 1. The summed E-state index contributed by atoms with van der Waals surface area (Å²) in [5, 5.41) is 11.8. The molecule has 2 amide bonds. The van der Waals surface area contributed by atoms with Crippen LogP contribution in [0.5, 0.6) is 0 Å². The molecule has 2 saturated heterocycles. The fraction of sp³-hybridized carbons (Fsp3) is 0.846. The van der Waals surface area contributed by atoms with Gasteiger partial charge in [-0.1, -0.05) is 12.1 Å². The Morgan fingerprint density at radius 2 is 1.84 bits per heavy atom. The number of nitrogens with zero attached hydrogens (tertiary/aromatic N) is 3. The van der Waals surface area contributed by atoms with Gasteiger partial charge in [-0.2, -0.15) is 0 Å². The van der Waals surface area contributed by atoms with E-state index < -0.39 is 0 Å². The lowest BCUT2D eigenvalue weighted by Gasteiger charge is -2.38. The predicted octanol–water partition coefficient (Wildman–Crippen LogP) is 1.30. The van der Waals surface area contributed by atoms with Gasteiger partial charge in [-0.05, 0) is 31.6 Å². The van der Waals surface area contributed by atoms with E-state index in [1.54, 1.807) is 0 Å². The van der Waals surface area contributed by atoms with Crippen LogP contribution in [-0.4, -0.2) is 53.1 Å². The van der Waals surface area contributed by atoms with Crippen LogP contribution in [0.15, 0.2) is 5.16 Å². The summed E-state index contributed by atoms with van der Waals surface area (Å²) in [4.78, 5) is 16.3. The summed E-state index contributed by atoms with van der Waals surface area (Å²) in [6.45, 7) is 5.24. The Balaban J connectivity index is 1.95. The summed E-state index contributed by atoms with van der Waals surface area (Å²) in [7, 11) is 0. The van der Waals surface area contributed by atoms with Gasteiger partial charge in [0.05, 0.1) is 0 Å². The van der Waals surface area contributed by atoms with Gasteiger partial charge in [0.25, 0.3) is 0 Å². The summed E-state index contributed by atoms with van der Waals surface area (Å²) < 4.78 is 0. The molecule has 0 bridgehead atoms. The van der Waals surface area contributed by atoms with E-state index in [-0.39, 0.29) is 17.8 Å². The number of hydrogen-bond donors (Lipinski definition) is 2. The Morgan fingerprint density at radius 1 is 1.21 bits per heavy atom. The zero-order valence-corrected chi connectivity index (χ0v) is 11.6. The molecule has 2 rings (SSSR count). The zero-order valence-electron chi connectivity index (χ0n) is 11.6. The third kappa shape index (κ3) is 3.30. The molecule has 2 fully saturated rings. The number of likely N-dealkylation sites (tertiary alicyclic amines) is 2. The number of hydrogen-bond acceptors (Lipinski definition) is 3. The molecule has 2 aliphatic heterocycles. The van der Waals surface area contributed by atoms with Crippen LogP contribution < -0.4 is 5.73 Å². The van der Waals surface area contributed by atoms with Crippen LogP contribution in [0.1, 0.15) is 32.6 Å². The summed E-state index contributed by atoms with van der Waals surface area (Å²) in [6, 6.07) is 0.113. The minimum Gasteiger partial charge on any atom is -0.409 e. The molecule has 6 heteroatoms. The van der Waals surface area contributed by atoms with Gasteiger partial charge in [0.15, 0.2) is 0 Å². The van der Waals surface area contributed by atoms with Crippen molar-refractivity contribution in [1.29, 1.82) is 0 Å². The highest BCUT2D eigenvalue weighted by Crippen LogP contribution is 2.21. The molecule has 0 aromatic carbocycles. The first kappa shape index (κ1) is 14.0. The molecule has 108 valence electrons. The maximum absolute atomic E-state index is 12.5. The molecule has 2 aliphatic rings. The third-order valence-electron chi connectivity index (χ3n) is 4.15. The van der Waals surface area contributed by atoms with E-state index in [2.05, 4.69) is 12.1 Å². The zero-order chi connectivity index (χ0) is 13.8. The Kier molecular flexibility index (Phi) is 4.50. The normalized spacial score (nSPS) is 29.4. The fourth-order valence-electron chi connectivity index (χ4n) is 3.04. The predicted molar refractivity (Wildman–Crippen MR) is 73.1 cm³/mol. The van der Waals surface area contributed by atoms with Crippen molar-refractivity contribution in [3.05, 3.63) is 0 Å². The van der Waals surface area contributed by atoms with Crippen LogP contribution in [0.4, 0.5) is 4.79 Å². The Morgan fingerprint density at radius 3 is 2.47 bits per heavy atom. The van der Waals surface area contributed by atoms with Crippen molar-refractivity contribution in [2.75, 3.05) is 26.2 Å². The van der Waals surface area contributed by atoms with Gasteiger partial charge < -0.3 is 20.7 Å². The first-order valence-electron chi connectivity index (χ1n) is 7.13. The molecule has 19 heavy (non-hydrogen) atoms. The number of piperidine rings is 2. The minimum absolute atomic E-state index is 0.00934. The summed E-state index contributed by atoms with van der Waals surface area (Å²) >= 11 is 0. The lowest BCUT2D eigenvalue weighted by Crippen LogP contribution is -2.51. The van der Waals surface area contributed by atoms with E-state index >= 15 is 0 Å². The molecule has 3 N–H and O–H groups in total. The van der Waals surface area contributed by atoms with Crippen LogP contribution in [0.25, 0.3) is 0 Å². The van der Waals surface area contributed by atoms with E-state index in [0.717, 1.165) is 38.9 Å². The smallest absolute Gasteiger partial charge is 0.320 e. The maximum Gasteiger partial charge on any atom is 0.320 e. The number of rotatable bonds is 1. The highest BCUT2D eigenvalue weighted by molar-refractivity contribution is 5.83. The van der Waals surface area contributed by atoms with Crippen LogP contribution in [-0.2, 0) is 0 Å². The first-order valence-corrected chi connectivity index (χ1v) is 7.13. The number of nitrogens with two attached hydrogens (primary N) is 1. The van der Waals surface area contributed by atoms with Crippen molar-refractivity contribution >= 4 is 11.9 Å². The number of carbonyl (C=O) groups is 1. The van der Waals surface area contributed by atoms with Gasteiger partial charge >= 0.3 is 6.03 Å². The van der Waals surface area contributed by atoms with Gasteiger partial charge in [-0.25, -0.2) is 4.79 Å². The van der Waals surface area contributed by atoms with E-state index in [1.807, 2.05) is 9.80 Å². The van der Waals surface area contributed by atoms with Crippen molar-refractivity contribution in [2.45, 2.75) is 32.6 Å². The van der Waals surface area contributed by atoms with Gasteiger partial charge in [0.1, 0.15) is 5.84 Å². The topological polar surface area (TPSA) is 82.2 Å². The molecule has 0 aromatic rings. The van der Waals surface area contributed by atoms with Gasteiger partial charge in [-0.3, -0.25) is 0 Å². The molecule has 0 aromatic heterocycles. The van der Waals surface area contributed by atoms with Gasteiger partial charge in [-0.15, -0.1) is 0 Å². The average molecular weight is 268 g/mol. The van der Waals surface area contributed by atoms with Crippen molar-refractivity contribution in [3.8, 4) is 0 Å². The molecule has 2 heterocycles. The van der Waals surface area contributed by atoms with Gasteiger partial charge in [0.2, 0.25) is 0 Å². The quantitative estimate of drug-likeness (QED) is 0.325. The minimum atomic E-state index is -0.00934. The third-order valence-corrected chi connectivity index (χ3v) is 4.15. The number of urea groups is 1. The van der Waals surface area contributed by atoms with E-state index in [4.69, 9.17) is 10.9 Å². The van der Waals surface area contributed by atoms with E-state index in [0.29, 0.717) is 12.5 Å². The SMILES string of the molecule is CC1CCCN(C(=O)N2CCCC(C(N)=NO)C2)C1. The number of oxime groups is 1.